The molecule has 0 bridgehead atoms. The van der Waals surface area contributed by atoms with E-state index in [-0.39, 0.29) is 11.8 Å². The van der Waals surface area contributed by atoms with Gasteiger partial charge in [-0.15, -0.1) is 0 Å². The van der Waals surface area contributed by atoms with Gasteiger partial charge in [0.05, 0.1) is 11.4 Å². The molecule has 0 aliphatic carbocycles. The number of carbonyl (C=O) groups excluding carboxylic acids is 1. The highest BCUT2D eigenvalue weighted by molar-refractivity contribution is 5.94. The second kappa shape index (κ2) is 9.74. The van der Waals surface area contributed by atoms with Crippen LogP contribution in [0.15, 0.2) is 85.1 Å². The predicted octanol–water partition coefficient (Wildman–Crippen LogP) is 5.60. The summed E-state index contributed by atoms with van der Waals surface area (Å²) in [5, 5.41) is 8.87. The fourth-order valence-electron chi connectivity index (χ4n) is 4.74. The third-order valence-corrected chi connectivity index (χ3v) is 6.66. The summed E-state index contributed by atoms with van der Waals surface area (Å²) in [6.45, 7) is 4.49. The molecule has 0 aliphatic rings. The monoisotopic (exact) mass is 477 g/mol. The van der Waals surface area contributed by atoms with Gasteiger partial charge in [-0.25, -0.2) is 4.68 Å². The molecule has 0 spiro atoms. The lowest BCUT2D eigenvalue weighted by Gasteiger charge is -2.20. The molecule has 3 aromatic carbocycles. The SMILES string of the molecule is Cc1cc(C)n(-c2ccc(C(=O)NCC(c3ccc(N(C)C)cc3)c3c[nH]c4ccccc34)cc2)n1. The third-order valence-electron chi connectivity index (χ3n) is 6.66. The fourth-order valence-corrected chi connectivity index (χ4v) is 4.74. The molecule has 0 aliphatic heterocycles. The Balaban J connectivity index is 1.39. The van der Waals surface area contributed by atoms with E-state index in [0.29, 0.717) is 12.1 Å². The number of rotatable bonds is 7. The molecule has 1 amide bonds. The first-order chi connectivity index (χ1) is 17.4. The molecule has 1 atom stereocenters. The number of aryl methyl sites for hydroxylation is 2. The van der Waals surface area contributed by atoms with Crippen molar-refractivity contribution in [2.24, 2.45) is 0 Å². The van der Waals surface area contributed by atoms with Gasteiger partial charge in [0, 0.05) is 60.6 Å². The Kier molecular flexibility index (Phi) is 6.34. The maximum absolute atomic E-state index is 13.1. The zero-order chi connectivity index (χ0) is 25.2. The molecule has 182 valence electrons. The third kappa shape index (κ3) is 4.62. The van der Waals surface area contributed by atoms with Gasteiger partial charge in [-0.2, -0.15) is 5.10 Å². The van der Waals surface area contributed by atoms with Crippen LogP contribution >= 0.6 is 0 Å². The largest absolute Gasteiger partial charge is 0.378 e. The zero-order valence-corrected chi connectivity index (χ0v) is 21.1. The van der Waals surface area contributed by atoms with Gasteiger partial charge in [0.1, 0.15) is 0 Å². The second-order valence-electron chi connectivity index (χ2n) is 9.42. The first-order valence-corrected chi connectivity index (χ1v) is 12.2. The molecule has 2 N–H and O–H groups in total. The van der Waals surface area contributed by atoms with E-state index in [2.05, 4.69) is 69.0 Å². The van der Waals surface area contributed by atoms with E-state index in [1.54, 1.807) is 0 Å². The summed E-state index contributed by atoms with van der Waals surface area (Å²) in [5.74, 6) is -0.0834. The molecule has 6 nitrogen and oxygen atoms in total. The molecule has 5 rings (SSSR count). The van der Waals surface area contributed by atoms with Gasteiger partial charge in [-0.1, -0.05) is 30.3 Å². The van der Waals surface area contributed by atoms with Crippen molar-refractivity contribution in [2.45, 2.75) is 19.8 Å². The van der Waals surface area contributed by atoms with Gasteiger partial charge in [0.15, 0.2) is 0 Å². The maximum atomic E-state index is 13.1. The van der Waals surface area contributed by atoms with Crippen molar-refractivity contribution in [3.05, 3.63) is 113 Å². The molecule has 2 aromatic heterocycles. The summed E-state index contributed by atoms with van der Waals surface area (Å²) in [6.07, 6.45) is 2.06. The number of nitrogens with one attached hydrogen (secondary N) is 2. The predicted molar refractivity (Wildman–Crippen MR) is 146 cm³/mol. The van der Waals surface area contributed by atoms with Crippen molar-refractivity contribution >= 4 is 22.5 Å². The van der Waals surface area contributed by atoms with Crippen LogP contribution in [0, 0.1) is 13.8 Å². The second-order valence-corrected chi connectivity index (χ2v) is 9.42. The number of hydrogen-bond donors (Lipinski definition) is 2. The van der Waals surface area contributed by atoms with Crippen LogP contribution in [0.5, 0.6) is 0 Å². The number of anilines is 1. The molecule has 0 saturated heterocycles. The number of benzene rings is 3. The molecule has 6 heteroatoms. The van der Waals surface area contributed by atoms with Crippen molar-refractivity contribution < 1.29 is 4.79 Å². The van der Waals surface area contributed by atoms with E-state index in [1.807, 2.05) is 69.0 Å². The summed E-state index contributed by atoms with van der Waals surface area (Å²) in [5.41, 5.74) is 8.16. The fraction of sp³-hybridized carbons (Fsp3) is 0.200. The lowest BCUT2D eigenvalue weighted by atomic mass is 9.90. The minimum Gasteiger partial charge on any atom is -0.378 e. The number of carbonyl (C=O) groups is 1. The summed E-state index contributed by atoms with van der Waals surface area (Å²) in [4.78, 5) is 18.6. The summed E-state index contributed by atoms with van der Waals surface area (Å²) in [6, 6.07) is 26.4. The molecule has 0 radical (unpaired) electrons. The van der Waals surface area contributed by atoms with Crippen LogP contribution in [-0.4, -0.2) is 41.3 Å². The van der Waals surface area contributed by atoms with Gasteiger partial charge in [-0.3, -0.25) is 4.79 Å². The number of amides is 1. The number of hydrogen-bond acceptors (Lipinski definition) is 3. The molecular weight excluding hydrogens is 446 g/mol. The summed E-state index contributed by atoms with van der Waals surface area (Å²) < 4.78 is 1.89. The Morgan fingerprint density at radius 1 is 1.00 bits per heavy atom. The van der Waals surface area contributed by atoms with Gasteiger partial charge in [0.2, 0.25) is 0 Å². The highest BCUT2D eigenvalue weighted by atomic mass is 16.1. The van der Waals surface area contributed by atoms with E-state index >= 15 is 0 Å². The smallest absolute Gasteiger partial charge is 0.251 e. The van der Waals surface area contributed by atoms with Gasteiger partial charge in [0.25, 0.3) is 5.91 Å². The number of fused-ring (bicyclic) bond motifs is 1. The van der Waals surface area contributed by atoms with Crippen LogP contribution in [-0.2, 0) is 0 Å². The number of H-pyrrole nitrogens is 1. The lowest BCUT2D eigenvalue weighted by Crippen LogP contribution is -2.29. The van der Waals surface area contributed by atoms with Gasteiger partial charge < -0.3 is 15.2 Å². The Morgan fingerprint density at radius 3 is 2.39 bits per heavy atom. The summed E-state index contributed by atoms with van der Waals surface area (Å²) in [7, 11) is 4.07. The van der Waals surface area contributed by atoms with E-state index in [0.717, 1.165) is 33.8 Å². The van der Waals surface area contributed by atoms with Crippen molar-refractivity contribution in [3.63, 3.8) is 0 Å². The summed E-state index contributed by atoms with van der Waals surface area (Å²) >= 11 is 0. The minimum absolute atomic E-state index is 0.00952. The number of nitrogens with zero attached hydrogens (tertiary/aromatic N) is 3. The van der Waals surface area contributed by atoms with E-state index in [4.69, 9.17) is 0 Å². The minimum atomic E-state index is -0.0929. The van der Waals surface area contributed by atoms with Crippen LogP contribution < -0.4 is 10.2 Å². The van der Waals surface area contributed by atoms with Crippen LogP contribution in [0.2, 0.25) is 0 Å². The standard InChI is InChI=1S/C30H31N5O/c1-20-17-21(2)35(33-20)25-15-11-23(12-16-25)30(36)32-18-27(22-9-13-24(14-10-22)34(3)4)28-19-31-29-8-6-5-7-26(28)29/h5-17,19,27,31H,18H2,1-4H3,(H,32,36). The molecule has 2 heterocycles. The Bertz CT molecular complexity index is 1490. The lowest BCUT2D eigenvalue weighted by molar-refractivity contribution is 0.0952. The van der Waals surface area contributed by atoms with Crippen molar-refractivity contribution in [2.75, 3.05) is 25.5 Å². The quantitative estimate of drug-likeness (QED) is 0.321. The number of aromatic nitrogens is 3. The number of para-hydroxylation sites is 1. The molecule has 36 heavy (non-hydrogen) atoms. The average molecular weight is 478 g/mol. The Hall–Kier alpha value is -4.32. The van der Waals surface area contributed by atoms with E-state index < -0.39 is 0 Å². The van der Waals surface area contributed by atoms with Crippen LogP contribution in [0.1, 0.15) is 38.8 Å². The van der Waals surface area contributed by atoms with Crippen LogP contribution in [0.3, 0.4) is 0 Å². The normalized spacial score (nSPS) is 12.0. The van der Waals surface area contributed by atoms with E-state index in [1.165, 1.54) is 10.9 Å². The van der Waals surface area contributed by atoms with Crippen LogP contribution in [0.4, 0.5) is 5.69 Å². The Morgan fingerprint density at radius 2 is 1.72 bits per heavy atom. The van der Waals surface area contributed by atoms with Crippen LogP contribution in [0.25, 0.3) is 16.6 Å². The topological polar surface area (TPSA) is 66.0 Å². The zero-order valence-electron chi connectivity index (χ0n) is 21.1. The van der Waals surface area contributed by atoms with Gasteiger partial charge >= 0.3 is 0 Å². The highest BCUT2D eigenvalue weighted by Gasteiger charge is 2.20. The highest BCUT2D eigenvalue weighted by Crippen LogP contribution is 2.31. The van der Waals surface area contributed by atoms with Crippen molar-refractivity contribution in [3.8, 4) is 5.69 Å². The average Bonchev–Trinajstić information content (AvgIpc) is 3.47. The maximum Gasteiger partial charge on any atom is 0.251 e. The molecule has 1 unspecified atom stereocenters. The first-order valence-electron chi connectivity index (χ1n) is 12.2. The van der Waals surface area contributed by atoms with Crippen molar-refractivity contribution in [1.29, 1.82) is 0 Å². The molecular formula is C30H31N5O. The van der Waals surface area contributed by atoms with E-state index in [9.17, 15) is 4.79 Å². The number of aromatic amines is 1. The first kappa shape index (κ1) is 23.4. The van der Waals surface area contributed by atoms with Crippen molar-refractivity contribution in [1.82, 2.24) is 20.1 Å². The van der Waals surface area contributed by atoms with Gasteiger partial charge in [-0.05, 0) is 73.5 Å². The molecule has 5 aromatic rings. The molecule has 0 fully saturated rings. The molecule has 0 saturated carbocycles. The Labute approximate surface area is 211 Å².